The lowest BCUT2D eigenvalue weighted by Crippen LogP contribution is -2.46. The minimum Gasteiger partial charge on any atom is -0.299 e. The molecule has 0 aromatic rings. The number of hydrogen-bond acceptors (Lipinski definition) is 1. The molecule has 2 fully saturated rings. The molecule has 0 aliphatic heterocycles. The van der Waals surface area contributed by atoms with Gasteiger partial charge in [0.15, 0.2) is 0 Å². The predicted octanol–water partition coefficient (Wildman–Crippen LogP) is 2.16. The van der Waals surface area contributed by atoms with Crippen LogP contribution in [0.4, 0.5) is 0 Å². The van der Waals surface area contributed by atoms with Crippen molar-refractivity contribution in [2.45, 2.75) is 39.0 Å². The number of Topliss-reactive ketones (excluding diaryl/α,β-unsaturated/α-hetero) is 1. The molecule has 2 aliphatic rings. The highest BCUT2D eigenvalue weighted by atomic mass is 16.1. The maximum absolute atomic E-state index is 11.3. The number of carbonyl (C=O) groups is 1. The van der Waals surface area contributed by atoms with Crippen molar-refractivity contribution in [1.29, 1.82) is 0 Å². The van der Waals surface area contributed by atoms with Gasteiger partial charge in [-0.3, -0.25) is 4.79 Å². The molecule has 2 saturated carbocycles. The molecule has 0 N–H and O–H groups in total. The van der Waals surface area contributed by atoms with Crippen LogP contribution in [-0.2, 0) is 4.79 Å². The monoisotopic (exact) mass is 138 g/mol. The van der Waals surface area contributed by atoms with E-state index in [4.69, 9.17) is 0 Å². The Kier molecular flexibility index (Phi) is 1.17. The summed E-state index contributed by atoms with van der Waals surface area (Å²) in [5.41, 5.74) is 0.194. The van der Waals surface area contributed by atoms with E-state index in [9.17, 15) is 4.79 Å². The van der Waals surface area contributed by atoms with Crippen molar-refractivity contribution in [3.05, 3.63) is 0 Å². The molecule has 2 rings (SSSR count). The maximum Gasteiger partial charge on any atom is 0.139 e. The Bertz CT molecular complexity index is 166. The third kappa shape index (κ3) is 0.561. The normalized spacial score (nSPS) is 36.5. The van der Waals surface area contributed by atoms with Gasteiger partial charge >= 0.3 is 0 Å². The van der Waals surface area contributed by atoms with Gasteiger partial charge in [0.2, 0.25) is 0 Å². The van der Waals surface area contributed by atoms with Crippen molar-refractivity contribution < 1.29 is 4.79 Å². The third-order valence-electron chi connectivity index (χ3n) is 3.49. The zero-order chi connectivity index (χ0) is 7.19. The van der Waals surface area contributed by atoms with Gasteiger partial charge in [-0.2, -0.15) is 0 Å². The zero-order valence-corrected chi connectivity index (χ0v) is 6.52. The van der Waals surface area contributed by atoms with E-state index < -0.39 is 0 Å². The van der Waals surface area contributed by atoms with Crippen LogP contribution in [-0.4, -0.2) is 5.78 Å². The minimum atomic E-state index is 0.194. The lowest BCUT2D eigenvalue weighted by Gasteiger charge is -2.43. The Labute approximate surface area is 61.8 Å². The third-order valence-corrected chi connectivity index (χ3v) is 3.49. The van der Waals surface area contributed by atoms with Gasteiger partial charge in [0, 0.05) is 11.8 Å². The van der Waals surface area contributed by atoms with Crippen molar-refractivity contribution in [1.82, 2.24) is 0 Å². The topological polar surface area (TPSA) is 17.1 Å². The van der Waals surface area contributed by atoms with Gasteiger partial charge < -0.3 is 0 Å². The highest BCUT2D eigenvalue weighted by Crippen LogP contribution is 2.54. The lowest BCUT2D eigenvalue weighted by molar-refractivity contribution is -0.144. The summed E-state index contributed by atoms with van der Waals surface area (Å²) < 4.78 is 0. The molecule has 0 amide bonds. The average molecular weight is 138 g/mol. The van der Waals surface area contributed by atoms with Crippen LogP contribution < -0.4 is 0 Å². The Morgan fingerprint density at radius 1 is 1.40 bits per heavy atom. The van der Waals surface area contributed by atoms with Gasteiger partial charge in [-0.15, -0.1) is 0 Å². The molecular formula is C9H14O. The quantitative estimate of drug-likeness (QED) is 0.501. The number of hydrogen-bond donors (Lipinski definition) is 0. The minimum absolute atomic E-state index is 0.194. The van der Waals surface area contributed by atoms with Crippen LogP contribution in [0.25, 0.3) is 0 Å². The fraction of sp³-hybridized carbons (Fsp3) is 0.889. The smallest absolute Gasteiger partial charge is 0.139 e. The van der Waals surface area contributed by atoms with E-state index in [2.05, 4.69) is 6.92 Å². The Morgan fingerprint density at radius 2 is 2.00 bits per heavy atom. The van der Waals surface area contributed by atoms with Crippen LogP contribution in [0.5, 0.6) is 0 Å². The molecule has 1 unspecified atom stereocenters. The van der Waals surface area contributed by atoms with Gasteiger partial charge in [0.05, 0.1) is 0 Å². The molecular weight excluding hydrogens is 124 g/mol. The largest absolute Gasteiger partial charge is 0.299 e. The summed E-state index contributed by atoms with van der Waals surface area (Å²) in [6, 6.07) is 0. The molecule has 0 aromatic carbocycles. The number of rotatable bonds is 0. The molecule has 1 atom stereocenters. The van der Waals surface area contributed by atoms with E-state index >= 15 is 0 Å². The first-order valence-electron chi connectivity index (χ1n) is 4.29. The van der Waals surface area contributed by atoms with Gasteiger partial charge in [0.25, 0.3) is 0 Å². The summed E-state index contributed by atoms with van der Waals surface area (Å²) >= 11 is 0. The first kappa shape index (κ1) is 6.38. The molecule has 1 spiro atoms. The SMILES string of the molecule is CC1CC(=O)C12CCCC2. The fourth-order valence-electron chi connectivity index (χ4n) is 2.60. The molecule has 0 heterocycles. The summed E-state index contributed by atoms with van der Waals surface area (Å²) in [5, 5.41) is 0. The Morgan fingerprint density at radius 3 is 2.30 bits per heavy atom. The van der Waals surface area contributed by atoms with Gasteiger partial charge in [-0.25, -0.2) is 0 Å². The predicted molar refractivity (Wildman–Crippen MR) is 39.7 cm³/mol. The second-order valence-electron chi connectivity index (χ2n) is 3.89. The Hall–Kier alpha value is -0.330. The second-order valence-corrected chi connectivity index (χ2v) is 3.89. The standard InChI is InChI=1S/C9H14O/c1-7-6-8(10)9(7)4-2-3-5-9/h7H,2-6H2,1H3. The highest BCUT2D eigenvalue weighted by molar-refractivity contribution is 5.91. The van der Waals surface area contributed by atoms with Crippen molar-refractivity contribution in [2.24, 2.45) is 11.3 Å². The van der Waals surface area contributed by atoms with Crippen LogP contribution in [0.15, 0.2) is 0 Å². The van der Waals surface area contributed by atoms with Crippen LogP contribution in [0, 0.1) is 11.3 Å². The fourth-order valence-corrected chi connectivity index (χ4v) is 2.60. The first-order chi connectivity index (χ1) is 4.76. The summed E-state index contributed by atoms with van der Waals surface area (Å²) in [6.07, 6.45) is 5.81. The molecule has 0 aromatic heterocycles. The molecule has 2 aliphatic carbocycles. The molecule has 1 heteroatoms. The lowest BCUT2D eigenvalue weighted by atomic mass is 9.59. The number of carbonyl (C=O) groups excluding carboxylic acids is 1. The summed E-state index contributed by atoms with van der Waals surface area (Å²) in [5.74, 6) is 1.25. The van der Waals surface area contributed by atoms with Gasteiger partial charge in [0.1, 0.15) is 5.78 Å². The van der Waals surface area contributed by atoms with Crippen LogP contribution >= 0.6 is 0 Å². The summed E-state index contributed by atoms with van der Waals surface area (Å²) in [6.45, 7) is 2.23. The van der Waals surface area contributed by atoms with Crippen molar-refractivity contribution in [3.63, 3.8) is 0 Å². The average Bonchev–Trinajstić information content (AvgIpc) is 2.37. The molecule has 56 valence electrons. The molecule has 0 saturated heterocycles. The van der Waals surface area contributed by atoms with Crippen molar-refractivity contribution >= 4 is 5.78 Å². The summed E-state index contributed by atoms with van der Waals surface area (Å²) in [7, 11) is 0. The van der Waals surface area contributed by atoms with Crippen LogP contribution in [0.3, 0.4) is 0 Å². The van der Waals surface area contributed by atoms with E-state index in [-0.39, 0.29) is 5.41 Å². The van der Waals surface area contributed by atoms with Crippen LogP contribution in [0.1, 0.15) is 39.0 Å². The van der Waals surface area contributed by atoms with Crippen LogP contribution in [0.2, 0.25) is 0 Å². The van der Waals surface area contributed by atoms with Gasteiger partial charge in [-0.1, -0.05) is 19.8 Å². The summed E-state index contributed by atoms with van der Waals surface area (Å²) in [4.78, 5) is 11.3. The van der Waals surface area contributed by atoms with E-state index in [1.54, 1.807) is 0 Å². The number of ketones is 1. The van der Waals surface area contributed by atoms with Gasteiger partial charge in [-0.05, 0) is 18.8 Å². The molecule has 0 bridgehead atoms. The van der Waals surface area contributed by atoms with E-state index in [1.165, 1.54) is 25.7 Å². The Balaban J connectivity index is 2.19. The molecule has 10 heavy (non-hydrogen) atoms. The highest BCUT2D eigenvalue weighted by Gasteiger charge is 2.52. The second kappa shape index (κ2) is 1.84. The van der Waals surface area contributed by atoms with E-state index in [0.29, 0.717) is 11.7 Å². The first-order valence-corrected chi connectivity index (χ1v) is 4.29. The zero-order valence-electron chi connectivity index (χ0n) is 6.52. The van der Waals surface area contributed by atoms with Crippen molar-refractivity contribution in [3.8, 4) is 0 Å². The van der Waals surface area contributed by atoms with E-state index in [1.807, 2.05) is 0 Å². The maximum atomic E-state index is 11.3. The van der Waals surface area contributed by atoms with E-state index in [0.717, 1.165) is 6.42 Å². The molecule has 0 radical (unpaired) electrons. The molecule has 1 nitrogen and oxygen atoms in total. The van der Waals surface area contributed by atoms with Crippen molar-refractivity contribution in [2.75, 3.05) is 0 Å².